The van der Waals surface area contributed by atoms with Crippen LogP contribution in [0.15, 0.2) is 35.1 Å². The van der Waals surface area contributed by atoms with Crippen molar-refractivity contribution in [3.8, 4) is 0 Å². The zero-order chi connectivity index (χ0) is 12.9. The monoisotopic (exact) mass is 319 g/mol. The predicted molar refractivity (Wildman–Crippen MR) is 80.1 cm³/mol. The van der Waals surface area contributed by atoms with Crippen molar-refractivity contribution in [1.29, 1.82) is 0 Å². The normalized spacial score (nSPS) is 36.4. The second-order valence-corrected chi connectivity index (χ2v) is 6.74. The minimum absolute atomic E-state index is 0.268. The molecule has 0 aliphatic carbocycles. The molecule has 4 heteroatoms. The molecular weight excluding hydrogens is 302 g/mol. The van der Waals surface area contributed by atoms with Crippen LogP contribution in [0, 0.1) is 5.92 Å². The zero-order valence-electron chi connectivity index (χ0n) is 10.9. The fourth-order valence-corrected chi connectivity index (χ4v) is 4.43. The molecule has 1 unspecified atom stereocenters. The highest BCUT2D eigenvalue weighted by Gasteiger charge is 2.51. The molecule has 4 aliphatic heterocycles. The van der Waals surface area contributed by atoms with Crippen LogP contribution in [-0.4, -0.2) is 35.1 Å². The van der Waals surface area contributed by atoms with Gasteiger partial charge in [-0.25, -0.2) is 4.98 Å². The number of aromatic nitrogens is 1. The third-order valence-electron chi connectivity index (χ3n) is 5.00. The number of pyridine rings is 1. The first kappa shape index (κ1) is 11.9. The van der Waals surface area contributed by atoms with E-state index in [2.05, 4.69) is 55.1 Å². The Morgan fingerprint density at radius 1 is 1.26 bits per heavy atom. The van der Waals surface area contributed by atoms with E-state index in [0.29, 0.717) is 0 Å². The van der Waals surface area contributed by atoms with Crippen molar-refractivity contribution in [2.75, 3.05) is 24.5 Å². The first-order valence-corrected chi connectivity index (χ1v) is 7.88. The lowest BCUT2D eigenvalue weighted by Crippen LogP contribution is -2.64. The largest absolute Gasteiger partial charge is 0.325 e. The summed E-state index contributed by atoms with van der Waals surface area (Å²) in [4.78, 5) is 9.72. The van der Waals surface area contributed by atoms with Crippen molar-refractivity contribution in [1.82, 2.24) is 9.88 Å². The third-order valence-corrected chi connectivity index (χ3v) is 5.44. The van der Waals surface area contributed by atoms with Crippen molar-refractivity contribution in [3.05, 3.63) is 35.1 Å². The van der Waals surface area contributed by atoms with Crippen LogP contribution in [0.2, 0.25) is 0 Å². The lowest BCUT2D eigenvalue weighted by molar-refractivity contribution is 0.0332. The Bertz CT molecular complexity index is 522. The maximum atomic E-state index is 4.66. The van der Waals surface area contributed by atoms with Crippen molar-refractivity contribution in [2.24, 2.45) is 5.92 Å². The van der Waals surface area contributed by atoms with Crippen molar-refractivity contribution in [3.63, 3.8) is 0 Å². The zero-order valence-corrected chi connectivity index (χ0v) is 12.5. The molecule has 2 bridgehead atoms. The molecule has 1 atom stereocenters. The molecular formula is C15H18BrN3. The van der Waals surface area contributed by atoms with Crippen LogP contribution in [0.25, 0.3) is 0 Å². The molecule has 5 heterocycles. The summed E-state index contributed by atoms with van der Waals surface area (Å²) >= 11 is 3.49. The maximum Gasteiger partial charge on any atom is 0.134 e. The number of nitrogens with zero attached hydrogens (tertiary/aromatic N) is 3. The van der Waals surface area contributed by atoms with E-state index in [9.17, 15) is 0 Å². The van der Waals surface area contributed by atoms with Crippen LogP contribution in [0.5, 0.6) is 0 Å². The van der Waals surface area contributed by atoms with Gasteiger partial charge in [-0.05, 0) is 66.3 Å². The number of fused-ring (bicyclic) bond motifs is 2. The van der Waals surface area contributed by atoms with E-state index in [1.54, 1.807) is 0 Å². The summed E-state index contributed by atoms with van der Waals surface area (Å²) in [6, 6.07) is 6.19. The van der Waals surface area contributed by atoms with Gasteiger partial charge in [-0.3, -0.25) is 0 Å². The Morgan fingerprint density at radius 2 is 2.11 bits per heavy atom. The van der Waals surface area contributed by atoms with Gasteiger partial charge in [0, 0.05) is 12.7 Å². The van der Waals surface area contributed by atoms with Gasteiger partial charge in [0.2, 0.25) is 0 Å². The highest BCUT2D eigenvalue weighted by Crippen LogP contribution is 2.46. The second kappa shape index (κ2) is 4.32. The smallest absolute Gasteiger partial charge is 0.134 e. The highest BCUT2D eigenvalue weighted by molar-refractivity contribution is 9.10. The Labute approximate surface area is 122 Å². The first-order chi connectivity index (χ1) is 9.28. The Kier molecular flexibility index (Phi) is 2.71. The van der Waals surface area contributed by atoms with Crippen LogP contribution in [0.4, 0.5) is 5.82 Å². The Morgan fingerprint density at radius 3 is 2.79 bits per heavy atom. The van der Waals surface area contributed by atoms with Crippen LogP contribution in [0.3, 0.4) is 0 Å². The van der Waals surface area contributed by atoms with Crippen molar-refractivity contribution >= 4 is 21.7 Å². The van der Waals surface area contributed by atoms with E-state index in [0.717, 1.165) is 16.3 Å². The molecule has 1 aromatic rings. The summed E-state index contributed by atoms with van der Waals surface area (Å²) in [5.74, 6) is 1.89. The Balaban J connectivity index is 1.73. The van der Waals surface area contributed by atoms with E-state index in [-0.39, 0.29) is 5.54 Å². The van der Waals surface area contributed by atoms with Crippen LogP contribution in [0.1, 0.15) is 19.3 Å². The SMILES string of the molecule is Brc1cccc(N2C=CCC23CN2CCC3CC2)n1. The van der Waals surface area contributed by atoms with Gasteiger partial charge in [0.25, 0.3) is 0 Å². The van der Waals surface area contributed by atoms with E-state index in [1.807, 2.05) is 6.07 Å². The second-order valence-electron chi connectivity index (χ2n) is 5.93. The molecule has 0 radical (unpaired) electrons. The van der Waals surface area contributed by atoms with Crippen LogP contribution in [-0.2, 0) is 0 Å². The van der Waals surface area contributed by atoms with Crippen LogP contribution < -0.4 is 4.90 Å². The maximum absolute atomic E-state index is 4.66. The number of rotatable bonds is 1. The third kappa shape index (κ3) is 1.77. The van der Waals surface area contributed by atoms with Gasteiger partial charge in [-0.15, -0.1) is 0 Å². The molecule has 3 saturated heterocycles. The standard InChI is InChI=1S/C15H18BrN3/c16-13-3-1-4-14(17-13)19-8-2-7-15(19)11-18-9-5-12(15)6-10-18/h1-4,8,12H,5-7,9-11H2. The molecule has 3 fully saturated rings. The molecule has 100 valence electrons. The van der Waals surface area contributed by atoms with E-state index in [1.165, 1.54) is 38.9 Å². The molecule has 0 aromatic carbocycles. The fourth-order valence-electron chi connectivity index (χ4n) is 4.09. The molecule has 5 rings (SSSR count). The summed E-state index contributed by atoms with van der Waals surface area (Å²) < 4.78 is 0.918. The quantitative estimate of drug-likeness (QED) is 0.742. The average molecular weight is 320 g/mol. The summed E-state index contributed by atoms with van der Waals surface area (Å²) in [5.41, 5.74) is 0.268. The van der Waals surface area contributed by atoms with Gasteiger partial charge < -0.3 is 9.80 Å². The lowest BCUT2D eigenvalue weighted by atomic mass is 9.71. The van der Waals surface area contributed by atoms with Gasteiger partial charge >= 0.3 is 0 Å². The minimum Gasteiger partial charge on any atom is -0.325 e. The molecule has 1 aromatic heterocycles. The molecule has 0 N–H and O–H groups in total. The number of piperidine rings is 3. The highest BCUT2D eigenvalue weighted by atomic mass is 79.9. The molecule has 1 spiro atoms. The van der Waals surface area contributed by atoms with Crippen LogP contribution >= 0.6 is 15.9 Å². The van der Waals surface area contributed by atoms with Crippen molar-refractivity contribution < 1.29 is 0 Å². The minimum atomic E-state index is 0.268. The summed E-state index contributed by atoms with van der Waals surface area (Å²) in [6.07, 6.45) is 8.42. The first-order valence-electron chi connectivity index (χ1n) is 7.09. The van der Waals surface area contributed by atoms with Crippen molar-refractivity contribution in [2.45, 2.75) is 24.8 Å². The van der Waals surface area contributed by atoms with Gasteiger partial charge in [-0.1, -0.05) is 12.1 Å². The number of halogens is 1. The van der Waals surface area contributed by atoms with Gasteiger partial charge in [0.1, 0.15) is 10.4 Å². The lowest BCUT2D eigenvalue weighted by Gasteiger charge is -2.55. The summed E-state index contributed by atoms with van der Waals surface area (Å²) in [5, 5.41) is 0. The predicted octanol–water partition coefficient (Wildman–Crippen LogP) is 3.03. The van der Waals surface area contributed by atoms with Gasteiger partial charge in [-0.2, -0.15) is 0 Å². The molecule has 0 amide bonds. The number of hydrogen-bond acceptors (Lipinski definition) is 3. The molecule has 4 aliphatic rings. The fraction of sp³-hybridized carbons (Fsp3) is 0.533. The molecule has 19 heavy (non-hydrogen) atoms. The Hall–Kier alpha value is -0.870. The van der Waals surface area contributed by atoms with Gasteiger partial charge in [0.05, 0.1) is 5.54 Å². The number of anilines is 1. The summed E-state index contributed by atoms with van der Waals surface area (Å²) in [7, 11) is 0. The number of hydrogen-bond donors (Lipinski definition) is 0. The average Bonchev–Trinajstić information content (AvgIpc) is 2.83. The van der Waals surface area contributed by atoms with E-state index < -0.39 is 0 Å². The van der Waals surface area contributed by atoms with E-state index >= 15 is 0 Å². The van der Waals surface area contributed by atoms with E-state index in [4.69, 9.17) is 0 Å². The topological polar surface area (TPSA) is 19.4 Å². The molecule has 0 saturated carbocycles. The summed E-state index contributed by atoms with van der Waals surface area (Å²) in [6.45, 7) is 3.76. The van der Waals surface area contributed by atoms with Gasteiger partial charge in [0.15, 0.2) is 0 Å². The molecule has 3 nitrogen and oxygen atoms in total.